The van der Waals surface area contributed by atoms with Gasteiger partial charge in [0.25, 0.3) is 0 Å². The number of nitriles is 1. The Labute approximate surface area is 382 Å². The van der Waals surface area contributed by atoms with Crippen LogP contribution in [0.4, 0.5) is 0 Å². The van der Waals surface area contributed by atoms with Gasteiger partial charge in [-0.25, -0.2) is 0 Å². The van der Waals surface area contributed by atoms with Gasteiger partial charge in [0, 0.05) is 43.4 Å². The minimum absolute atomic E-state index is 0. The Balaban J connectivity index is 0.000000258. The van der Waals surface area contributed by atoms with Crippen LogP contribution in [0.25, 0.3) is 66.7 Å². The van der Waals surface area contributed by atoms with Gasteiger partial charge in [0.1, 0.15) is 5.58 Å². The van der Waals surface area contributed by atoms with Gasteiger partial charge in [-0.3, -0.25) is 0 Å². The number of hydrogen-bond acceptors (Lipinski definition) is 4. The summed E-state index contributed by atoms with van der Waals surface area (Å²) in [4.78, 5) is 9.35. The van der Waals surface area contributed by atoms with Gasteiger partial charge in [0.2, 0.25) is 0 Å². The number of furan rings is 1. The van der Waals surface area contributed by atoms with Gasteiger partial charge in [0.05, 0.1) is 17.2 Å². The van der Waals surface area contributed by atoms with Crippen molar-refractivity contribution in [3.05, 3.63) is 168 Å². The van der Waals surface area contributed by atoms with Gasteiger partial charge < -0.3 is 14.4 Å². The van der Waals surface area contributed by atoms with Crippen molar-refractivity contribution in [1.29, 1.82) is 5.26 Å². The number of benzene rings is 5. The van der Waals surface area contributed by atoms with Crippen LogP contribution in [0.5, 0.6) is 0 Å². The molecule has 4 nitrogen and oxygen atoms in total. The molecule has 0 aliphatic heterocycles. The van der Waals surface area contributed by atoms with E-state index in [0.29, 0.717) is 11.1 Å². The molecule has 0 saturated heterocycles. The number of rotatable bonds is 4. The van der Waals surface area contributed by atoms with Gasteiger partial charge in [0.15, 0.2) is 0 Å². The maximum absolute atomic E-state index is 10.2. The van der Waals surface area contributed by atoms with Gasteiger partial charge in [-0.15, -0.1) is 53.1 Å². The van der Waals surface area contributed by atoms with E-state index in [9.17, 15) is 5.26 Å². The van der Waals surface area contributed by atoms with Crippen LogP contribution < -0.4 is 0 Å². The average molecular weight is 992 g/mol. The van der Waals surface area contributed by atoms with E-state index < -0.39 is 0 Å². The predicted molar refractivity (Wildman–Crippen MR) is 255 cm³/mol. The third-order valence-electron chi connectivity index (χ3n) is 11.4. The Kier molecular flexibility index (Phi) is 13.0. The summed E-state index contributed by atoms with van der Waals surface area (Å²) in [5, 5.41) is 12.2. The van der Waals surface area contributed by atoms with Crippen LogP contribution in [-0.2, 0) is 41.8 Å². The molecule has 62 heavy (non-hydrogen) atoms. The third kappa shape index (κ3) is 9.69. The second kappa shape index (κ2) is 17.6. The second-order valence-corrected chi connectivity index (χ2v) is 20.2. The van der Waals surface area contributed by atoms with E-state index in [0.717, 1.165) is 66.7 Å². The number of fused-ring (bicyclic) bond motifs is 3. The van der Waals surface area contributed by atoms with Crippen molar-refractivity contribution in [1.82, 2.24) is 9.97 Å². The molecule has 0 atom stereocenters. The smallest absolute Gasteiger partial charge is 0.130 e. The normalized spacial score (nSPS) is 12.0. The first-order valence-electron chi connectivity index (χ1n) is 21.2. The largest absolute Gasteiger partial charge is 0.500 e. The van der Waals surface area contributed by atoms with Crippen molar-refractivity contribution >= 4 is 21.9 Å². The Morgan fingerprint density at radius 2 is 1.19 bits per heavy atom. The van der Waals surface area contributed by atoms with Crippen LogP contribution in [0, 0.1) is 23.5 Å². The Bertz CT molecular complexity index is 2870. The molecule has 0 unspecified atom stereocenters. The Hall–Kier alpha value is -5.66. The monoisotopic (exact) mass is 992 g/mol. The Morgan fingerprint density at radius 3 is 1.79 bits per heavy atom. The van der Waals surface area contributed by atoms with E-state index in [-0.39, 0.29) is 41.8 Å². The molecule has 0 aliphatic rings. The first kappa shape index (κ1) is 45.9. The molecule has 0 fully saturated rings. The fourth-order valence-electron chi connectivity index (χ4n) is 7.62. The number of hydrogen-bond donors (Lipinski definition) is 0. The maximum atomic E-state index is 10.2. The second-order valence-electron chi connectivity index (χ2n) is 20.2. The zero-order valence-electron chi connectivity index (χ0n) is 38.2. The van der Waals surface area contributed by atoms with Gasteiger partial charge in [-0.05, 0) is 73.0 Å². The average Bonchev–Trinajstić information content (AvgIpc) is 3.62. The summed E-state index contributed by atoms with van der Waals surface area (Å²) in [7, 11) is 0. The van der Waals surface area contributed by atoms with Crippen LogP contribution in [0.1, 0.15) is 111 Å². The van der Waals surface area contributed by atoms with Gasteiger partial charge in [-0.1, -0.05) is 173 Å². The molecule has 8 rings (SSSR count). The summed E-state index contributed by atoms with van der Waals surface area (Å²) in [5.74, 6) is 0. The van der Waals surface area contributed by atoms with Crippen LogP contribution in [0.2, 0.25) is 0 Å². The van der Waals surface area contributed by atoms with Gasteiger partial charge in [-0.2, -0.15) is 5.26 Å². The molecule has 1 radical (unpaired) electrons. The van der Waals surface area contributed by atoms with Crippen molar-refractivity contribution in [3.8, 4) is 50.8 Å². The molecule has 5 heteroatoms. The molecule has 0 N–H and O–H groups in total. The maximum Gasteiger partial charge on any atom is 0.130 e. The third-order valence-corrected chi connectivity index (χ3v) is 11.4. The molecule has 0 spiro atoms. The molecule has 5 aromatic carbocycles. The fraction of sp³-hybridized carbons (Fsp3) is 0.281. The summed E-state index contributed by atoms with van der Waals surface area (Å²) in [6.45, 7) is 26.5. The van der Waals surface area contributed by atoms with E-state index in [1.165, 1.54) is 16.7 Å². The zero-order valence-corrected chi connectivity index (χ0v) is 40.6. The standard InChI is InChI=1S/C38H33N2O.C19H24N.Ir/c1-37(2,3)28-20-21-40-32(22-28)29-18-19-31(38(4,5)6)34-30-17-16-27(23-39)33(36(30)41-35(29)34)26-14-12-25(13-15-26)24-10-8-7-9-11-24;1-18(2,3)15-9-7-8-14(12-15)17-11-10-16(13-20-17)19(4,5)6;/h7-17,19-22H,1-6H3;7,9-13H,1-6H3;/q2*-1;. The van der Waals surface area contributed by atoms with Crippen LogP contribution >= 0.6 is 0 Å². The van der Waals surface area contributed by atoms with Crippen molar-refractivity contribution < 1.29 is 24.5 Å². The SMILES string of the molecule is CC(C)(C)c1ccc(-c2[c-]ccc(C(C)(C)C)c2)nc1.CC(C)(C)c1ccnc(-c2[c-]cc(C(C)(C)C)c3c2oc2c(-c4ccc(-c5ccccc5)cc4)c(C#N)ccc23)c1.[Ir]. The number of pyridine rings is 2. The first-order chi connectivity index (χ1) is 28.7. The molecule has 0 bridgehead atoms. The summed E-state index contributed by atoms with van der Waals surface area (Å²) < 4.78 is 6.82. The van der Waals surface area contributed by atoms with E-state index in [1.54, 1.807) is 0 Å². The summed E-state index contributed by atoms with van der Waals surface area (Å²) in [5.41, 5.74) is 14.9. The minimum Gasteiger partial charge on any atom is -0.500 e. The van der Waals surface area contributed by atoms with E-state index in [1.807, 2.05) is 48.8 Å². The molecular weight excluding hydrogens is 935 g/mol. The van der Waals surface area contributed by atoms with E-state index in [2.05, 4.69) is 185 Å². The summed E-state index contributed by atoms with van der Waals surface area (Å²) >= 11 is 0. The van der Waals surface area contributed by atoms with Crippen LogP contribution in [0.15, 0.2) is 132 Å². The topological polar surface area (TPSA) is 62.7 Å². The molecule has 0 saturated carbocycles. The van der Waals surface area contributed by atoms with Crippen LogP contribution in [-0.4, -0.2) is 9.97 Å². The predicted octanol–water partition coefficient (Wildman–Crippen LogP) is 15.4. The van der Waals surface area contributed by atoms with Crippen molar-refractivity contribution in [2.45, 2.75) is 105 Å². The molecule has 3 heterocycles. The van der Waals surface area contributed by atoms with Crippen molar-refractivity contribution in [2.75, 3.05) is 0 Å². The first-order valence-corrected chi connectivity index (χ1v) is 21.2. The molecule has 3 aromatic heterocycles. The fourth-order valence-corrected chi connectivity index (χ4v) is 7.62. The molecule has 0 aliphatic carbocycles. The molecule has 8 aromatic rings. The van der Waals surface area contributed by atoms with Crippen molar-refractivity contribution in [3.63, 3.8) is 0 Å². The van der Waals surface area contributed by atoms with Crippen molar-refractivity contribution in [2.24, 2.45) is 0 Å². The summed E-state index contributed by atoms with van der Waals surface area (Å²) in [6, 6.07) is 48.7. The summed E-state index contributed by atoms with van der Waals surface area (Å²) in [6.07, 6.45) is 3.84. The van der Waals surface area contributed by atoms with Crippen LogP contribution in [0.3, 0.4) is 0 Å². The van der Waals surface area contributed by atoms with Gasteiger partial charge >= 0.3 is 0 Å². The minimum atomic E-state index is -0.143. The zero-order chi connectivity index (χ0) is 43.9. The molecule has 317 valence electrons. The quantitative estimate of drug-likeness (QED) is 0.165. The van der Waals surface area contributed by atoms with E-state index >= 15 is 0 Å². The number of nitrogens with zero attached hydrogens (tertiary/aromatic N) is 3. The number of aromatic nitrogens is 2. The molecular formula is C57H57IrN3O-2. The Morgan fingerprint density at radius 1 is 0.565 bits per heavy atom. The van der Waals surface area contributed by atoms with E-state index in [4.69, 9.17) is 9.40 Å². The molecule has 0 amide bonds.